The maximum atomic E-state index is 5.73. The van der Waals surface area contributed by atoms with Crippen LogP contribution in [-0.4, -0.2) is 25.0 Å². The molecule has 2 heterocycles. The second-order valence-electron chi connectivity index (χ2n) is 3.71. The van der Waals surface area contributed by atoms with E-state index in [4.69, 9.17) is 16.3 Å². The molecule has 0 radical (unpaired) electrons. The highest BCUT2D eigenvalue weighted by molar-refractivity contribution is 9.10. The Bertz CT molecular complexity index is 731. The van der Waals surface area contributed by atoms with Crippen molar-refractivity contribution in [1.29, 1.82) is 0 Å². The highest BCUT2D eigenvalue weighted by Crippen LogP contribution is 2.25. The van der Waals surface area contributed by atoms with E-state index in [0.29, 0.717) is 21.1 Å². The average molecular weight is 353 g/mol. The largest absolute Gasteiger partial charge is 0.422 e. The Kier molecular flexibility index (Phi) is 3.62. The van der Waals surface area contributed by atoms with Gasteiger partial charge in [0.05, 0.1) is 23.6 Å². The monoisotopic (exact) mass is 351 g/mol. The summed E-state index contributed by atoms with van der Waals surface area (Å²) < 4.78 is 6.27. The van der Waals surface area contributed by atoms with Crippen molar-refractivity contribution >= 4 is 27.5 Å². The molecule has 0 aliphatic heterocycles. The molecule has 3 rings (SSSR count). The van der Waals surface area contributed by atoms with E-state index < -0.39 is 0 Å². The number of hydrogen-bond donors (Lipinski definition) is 0. The Labute approximate surface area is 127 Å². The Morgan fingerprint density at radius 1 is 1.10 bits per heavy atom. The first kappa shape index (κ1) is 13.0. The molecular weight excluding hydrogens is 346 g/mol. The molecule has 8 heteroatoms. The van der Waals surface area contributed by atoms with Gasteiger partial charge in [-0.3, -0.25) is 0 Å². The summed E-state index contributed by atoms with van der Waals surface area (Å²) in [5, 5.41) is 8.74. The van der Waals surface area contributed by atoms with Crippen LogP contribution in [0, 0.1) is 0 Å². The topological polar surface area (TPSA) is 65.7 Å². The lowest BCUT2D eigenvalue weighted by Gasteiger charge is -2.08. The molecule has 0 fully saturated rings. The molecule has 0 amide bonds. The normalized spacial score (nSPS) is 10.5. The van der Waals surface area contributed by atoms with Crippen molar-refractivity contribution in [1.82, 2.24) is 25.0 Å². The molecule has 2 aromatic heterocycles. The van der Waals surface area contributed by atoms with Gasteiger partial charge in [0.2, 0.25) is 0 Å². The minimum atomic E-state index is 0.202. The molecule has 0 aliphatic rings. The van der Waals surface area contributed by atoms with E-state index in [2.05, 4.69) is 36.1 Å². The molecule has 0 saturated carbocycles. The van der Waals surface area contributed by atoms with Crippen LogP contribution in [0.5, 0.6) is 11.8 Å². The van der Waals surface area contributed by atoms with E-state index in [1.54, 1.807) is 12.3 Å². The van der Waals surface area contributed by atoms with Gasteiger partial charge in [-0.15, -0.1) is 9.90 Å². The van der Waals surface area contributed by atoms with Crippen LogP contribution in [-0.2, 0) is 0 Å². The molecule has 20 heavy (non-hydrogen) atoms. The van der Waals surface area contributed by atoms with Crippen molar-refractivity contribution in [3.63, 3.8) is 0 Å². The van der Waals surface area contributed by atoms with Crippen molar-refractivity contribution in [2.24, 2.45) is 0 Å². The number of benzene rings is 1. The zero-order chi connectivity index (χ0) is 13.9. The van der Waals surface area contributed by atoms with Gasteiger partial charge in [0.15, 0.2) is 5.75 Å². The van der Waals surface area contributed by atoms with Crippen LogP contribution in [0.2, 0.25) is 5.02 Å². The number of ether oxygens (including phenoxy) is 1. The van der Waals surface area contributed by atoms with Gasteiger partial charge in [0.25, 0.3) is 0 Å². The molecule has 0 saturated heterocycles. The zero-order valence-electron chi connectivity index (χ0n) is 9.94. The molecule has 0 aliphatic carbocycles. The van der Waals surface area contributed by atoms with Crippen LogP contribution in [0.3, 0.4) is 0 Å². The van der Waals surface area contributed by atoms with E-state index in [9.17, 15) is 0 Å². The fourth-order valence-electron chi connectivity index (χ4n) is 1.52. The van der Waals surface area contributed by atoms with Crippen molar-refractivity contribution < 1.29 is 4.74 Å². The minimum absolute atomic E-state index is 0.202. The molecule has 0 atom stereocenters. The highest BCUT2D eigenvalue weighted by atomic mass is 79.9. The molecule has 0 unspecified atom stereocenters. The number of nitrogens with zero attached hydrogens (tertiary/aromatic N) is 5. The van der Waals surface area contributed by atoms with Gasteiger partial charge in [-0.05, 0) is 28.1 Å². The Hall–Kier alpha value is -1.99. The third kappa shape index (κ3) is 2.78. The summed E-state index contributed by atoms with van der Waals surface area (Å²) in [4.78, 5) is 9.43. The van der Waals surface area contributed by atoms with Crippen LogP contribution >= 0.6 is 27.5 Å². The smallest absolute Gasteiger partial charge is 0.322 e. The van der Waals surface area contributed by atoms with Crippen molar-refractivity contribution in [3.05, 3.63) is 52.5 Å². The lowest BCUT2D eigenvalue weighted by molar-refractivity contribution is 0.436. The summed E-state index contributed by atoms with van der Waals surface area (Å²) in [7, 11) is 0. The summed E-state index contributed by atoms with van der Waals surface area (Å²) >= 11 is 8.99. The van der Waals surface area contributed by atoms with E-state index in [-0.39, 0.29) is 6.01 Å². The Balaban J connectivity index is 1.96. The lowest BCUT2D eigenvalue weighted by atomic mass is 10.3. The number of rotatable bonds is 3. The average Bonchev–Trinajstić information content (AvgIpc) is 2.88. The van der Waals surface area contributed by atoms with Gasteiger partial charge in [0.1, 0.15) is 10.3 Å². The fourth-order valence-corrected chi connectivity index (χ4v) is 1.86. The van der Waals surface area contributed by atoms with Crippen molar-refractivity contribution in [3.8, 4) is 17.4 Å². The van der Waals surface area contributed by atoms with Crippen molar-refractivity contribution in [2.75, 3.05) is 0 Å². The third-order valence-corrected chi connectivity index (χ3v) is 2.90. The van der Waals surface area contributed by atoms with Gasteiger partial charge in [0, 0.05) is 0 Å². The lowest BCUT2D eigenvalue weighted by Crippen LogP contribution is -2.02. The third-order valence-electron chi connectivity index (χ3n) is 2.34. The first-order chi connectivity index (χ1) is 9.72. The molecule has 0 N–H and O–H groups in total. The fraction of sp³-hybridized carbons (Fsp3) is 0. The Morgan fingerprint density at radius 2 is 1.85 bits per heavy atom. The van der Waals surface area contributed by atoms with Gasteiger partial charge < -0.3 is 4.74 Å². The first-order valence-electron chi connectivity index (χ1n) is 5.55. The number of halogens is 2. The molecule has 1 aromatic carbocycles. The van der Waals surface area contributed by atoms with Crippen LogP contribution in [0.1, 0.15) is 0 Å². The van der Waals surface area contributed by atoms with Crippen LogP contribution < -0.4 is 4.74 Å². The predicted molar refractivity (Wildman–Crippen MR) is 76.2 cm³/mol. The SMILES string of the molecule is Clc1cnc(Oc2ccccc2-n2ncc(Br)n2)nc1. The second-order valence-corrected chi connectivity index (χ2v) is 4.96. The minimum Gasteiger partial charge on any atom is -0.422 e. The van der Waals surface area contributed by atoms with E-state index in [0.717, 1.165) is 0 Å². The standard InChI is InChI=1S/C12H7BrClN5O/c13-11-7-17-19(18-11)9-3-1-2-4-10(9)20-12-15-5-8(14)6-16-12/h1-7H. The maximum absolute atomic E-state index is 5.73. The van der Waals surface area contributed by atoms with Crippen LogP contribution in [0.15, 0.2) is 47.5 Å². The van der Waals surface area contributed by atoms with Crippen LogP contribution in [0.25, 0.3) is 5.69 Å². The Morgan fingerprint density at radius 3 is 2.55 bits per heavy atom. The number of aromatic nitrogens is 5. The highest BCUT2D eigenvalue weighted by Gasteiger charge is 2.10. The van der Waals surface area contributed by atoms with Gasteiger partial charge in [-0.2, -0.15) is 5.10 Å². The molecular formula is C12H7BrClN5O. The van der Waals surface area contributed by atoms with E-state index >= 15 is 0 Å². The summed E-state index contributed by atoms with van der Waals surface area (Å²) in [5.41, 5.74) is 0.678. The summed E-state index contributed by atoms with van der Waals surface area (Å²) in [6.07, 6.45) is 4.53. The number of para-hydroxylation sites is 2. The maximum Gasteiger partial charge on any atom is 0.322 e. The molecule has 3 aromatic rings. The number of hydrogen-bond acceptors (Lipinski definition) is 5. The van der Waals surface area contributed by atoms with Gasteiger partial charge in [-0.25, -0.2) is 9.97 Å². The first-order valence-corrected chi connectivity index (χ1v) is 6.72. The molecule has 0 bridgehead atoms. The summed E-state index contributed by atoms with van der Waals surface area (Å²) in [6, 6.07) is 7.52. The molecule has 6 nitrogen and oxygen atoms in total. The summed E-state index contributed by atoms with van der Waals surface area (Å²) in [5.74, 6) is 0.540. The van der Waals surface area contributed by atoms with E-state index in [1.165, 1.54) is 17.2 Å². The quantitative estimate of drug-likeness (QED) is 0.724. The van der Waals surface area contributed by atoms with Gasteiger partial charge in [-0.1, -0.05) is 23.7 Å². The zero-order valence-corrected chi connectivity index (χ0v) is 12.3. The summed E-state index contributed by atoms with van der Waals surface area (Å²) in [6.45, 7) is 0. The van der Waals surface area contributed by atoms with Crippen molar-refractivity contribution in [2.45, 2.75) is 0 Å². The van der Waals surface area contributed by atoms with Gasteiger partial charge >= 0.3 is 6.01 Å². The predicted octanol–water partition coefficient (Wildman–Crippen LogP) is 3.27. The van der Waals surface area contributed by atoms with E-state index in [1.807, 2.05) is 18.2 Å². The molecule has 0 spiro atoms. The molecule has 100 valence electrons. The van der Waals surface area contributed by atoms with Crippen LogP contribution in [0.4, 0.5) is 0 Å². The second kappa shape index (κ2) is 5.56.